The highest BCUT2D eigenvalue weighted by Gasteiger charge is 2.19. The van der Waals surface area contributed by atoms with Crippen LogP contribution in [0.1, 0.15) is 27.3 Å². The molecule has 28 heavy (non-hydrogen) atoms. The van der Waals surface area contributed by atoms with Gasteiger partial charge in [-0.1, -0.05) is 30.3 Å². The molecule has 0 saturated heterocycles. The van der Waals surface area contributed by atoms with E-state index in [0.717, 1.165) is 27.4 Å². The number of hydrogen-bond donors (Lipinski definition) is 2. The molecular weight excluding hydrogens is 392 g/mol. The highest BCUT2D eigenvalue weighted by Crippen LogP contribution is 2.35. The topological polar surface area (TPSA) is 68.2 Å². The lowest BCUT2D eigenvalue weighted by Crippen LogP contribution is -2.28. The zero-order chi connectivity index (χ0) is 20.3. The largest absolute Gasteiger partial charge is 0.465 e. The van der Waals surface area contributed by atoms with Gasteiger partial charge in [-0.3, -0.25) is 4.68 Å². The summed E-state index contributed by atoms with van der Waals surface area (Å²) in [5.41, 5.74) is 4.66. The minimum Gasteiger partial charge on any atom is -0.465 e. The van der Waals surface area contributed by atoms with Gasteiger partial charge in [0.2, 0.25) is 0 Å². The number of esters is 1. The van der Waals surface area contributed by atoms with Crippen LogP contribution in [0.2, 0.25) is 0 Å². The van der Waals surface area contributed by atoms with Crippen molar-refractivity contribution in [3.8, 4) is 10.4 Å². The number of aromatic nitrogens is 2. The normalized spacial score (nSPS) is 10.6. The van der Waals surface area contributed by atoms with Crippen molar-refractivity contribution in [3.63, 3.8) is 0 Å². The fourth-order valence-electron chi connectivity index (χ4n) is 2.88. The molecule has 0 aliphatic rings. The predicted octanol–water partition coefficient (Wildman–Crippen LogP) is 4.04. The summed E-state index contributed by atoms with van der Waals surface area (Å²) in [6, 6.07) is 11.7. The van der Waals surface area contributed by atoms with Gasteiger partial charge in [-0.15, -0.1) is 11.3 Å². The highest BCUT2D eigenvalue weighted by molar-refractivity contribution is 7.80. The third kappa shape index (κ3) is 4.23. The Balaban J connectivity index is 1.77. The molecule has 0 aliphatic heterocycles. The van der Waals surface area contributed by atoms with Crippen molar-refractivity contribution in [1.29, 1.82) is 0 Å². The lowest BCUT2D eigenvalue weighted by molar-refractivity contribution is 0.0602. The molecule has 0 saturated carbocycles. The summed E-state index contributed by atoms with van der Waals surface area (Å²) < 4.78 is 6.78. The lowest BCUT2D eigenvalue weighted by atomic mass is 10.1. The molecule has 0 unspecified atom stereocenters. The average Bonchev–Trinajstić information content (AvgIpc) is 3.21. The number of hydrogen-bond acceptors (Lipinski definition) is 5. The summed E-state index contributed by atoms with van der Waals surface area (Å²) in [5.74, 6) is -0.400. The number of aryl methyl sites for hydroxylation is 2. The van der Waals surface area contributed by atoms with Crippen LogP contribution in [-0.2, 0) is 18.3 Å². The number of rotatable bonds is 5. The summed E-state index contributed by atoms with van der Waals surface area (Å²) in [6.07, 6.45) is 0. The number of nitrogens with one attached hydrogen (secondary N) is 2. The van der Waals surface area contributed by atoms with Crippen LogP contribution in [-0.4, -0.2) is 28.0 Å². The fourth-order valence-corrected chi connectivity index (χ4v) is 4.17. The first-order valence-electron chi connectivity index (χ1n) is 8.72. The van der Waals surface area contributed by atoms with Gasteiger partial charge in [0, 0.05) is 29.7 Å². The van der Waals surface area contributed by atoms with Gasteiger partial charge < -0.3 is 15.4 Å². The number of carbonyl (C=O) groups is 1. The van der Waals surface area contributed by atoms with Crippen molar-refractivity contribution in [1.82, 2.24) is 15.1 Å². The SMILES string of the molecule is COC(=O)c1cc(-c2ccccc2)sc1NC(=S)NCc1c(C)nn(C)c1C. The van der Waals surface area contributed by atoms with E-state index < -0.39 is 5.97 Å². The number of thiocarbonyl (C=S) groups is 1. The van der Waals surface area contributed by atoms with E-state index in [-0.39, 0.29) is 0 Å². The molecular formula is C20H22N4O2S2. The summed E-state index contributed by atoms with van der Waals surface area (Å²) >= 11 is 6.90. The monoisotopic (exact) mass is 414 g/mol. The van der Waals surface area contributed by atoms with Crippen LogP contribution in [0.25, 0.3) is 10.4 Å². The molecule has 2 N–H and O–H groups in total. The molecule has 2 aromatic heterocycles. The van der Waals surface area contributed by atoms with Crippen molar-refractivity contribution < 1.29 is 9.53 Å². The Morgan fingerprint density at radius 1 is 1.29 bits per heavy atom. The molecule has 6 nitrogen and oxygen atoms in total. The van der Waals surface area contributed by atoms with E-state index in [1.807, 2.05) is 62.0 Å². The minimum absolute atomic E-state index is 0.400. The van der Waals surface area contributed by atoms with Gasteiger partial charge in [-0.25, -0.2) is 4.79 Å². The van der Waals surface area contributed by atoms with Crippen LogP contribution < -0.4 is 10.6 Å². The van der Waals surface area contributed by atoms with Crippen LogP contribution in [0.4, 0.5) is 5.00 Å². The van der Waals surface area contributed by atoms with Crippen LogP contribution in [0.5, 0.6) is 0 Å². The van der Waals surface area contributed by atoms with Crippen LogP contribution >= 0.6 is 23.6 Å². The molecule has 0 radical (unpaired) electrons. The third-order valence-corrected chi connectivity index (χ3v) is 5.85. The number of nitrogens with zero attached hydrogens (tertiary/aromatic N) is 2. The summed E-state index contributed by atoms with van der Waals surface area (Å²) in [6.45, 7) is 4.55. The minimum atomic E-state index is -0.400. The first-order chi connectivity index (χ1) is 13.4. The van der Waals surface area contributed by atoms with Gasteiger partial charge in [0.1, 0.15) is 5.00 Å². The van der Waals surface area contributed by atoms with Crippen molar-refractivity contribution >= 4 is 39.6 Å². The molecule has 0 atom stereocenters. The molecule has 146 valence electrons. The number of benzene rings is 1. The molecule has 8 heteroatoms. The lowest BCUT2D eigenvalue weighted by Gasteiger charge is -2.10. The number of ether oxygens (including phenoxy) is 1. The molecule has 3 rings (SSSR count). The van der Waals surface area contributed by atoms with E-state index in [0.29, 0.717) is 22.2 Å². The second-order valence-corrected chi connectivity index (χ2v) is 7.75. The summed E-state index contributed by atoms with van der Waals surface area (Å²) in [7, 11) is 3.29. The Kier molecular flexibility index (Phi) is 6.11. The summed E-state index contributed by atoms with van der Waals surface area (Å²) in [5, 5.41) is 11.8. The fraction of sp³-hybridized carbons (Fsp3) is 0.250. The first-order valence-corrected chi connectivity index (χ1v) is 9.94. The Hall–Kier alpha value is -2.71. The Labute approximate surface area is 173 Å². The smallest absolute Gasteiger partial charge is 0.340 e. The van der Waals surface area contributed by atoms with Crippen molar-refractivity contribution in [2.45, 2.75) is 20.4 Å². The van der Waals surface area contributed by atoms with Gasteiger partial charge in [-0.2, -0.15) is 5.10 Å². The Morgan fingerprint density at radius 3 is 2.61 bits per heavy atom. The number of thiophene rings is 1. The molecule has 0 aliphatic carbocycles. The van der Waals surface area contributed by atoms with E-state index in [1.165, 1.54) is 18.4 Å². The van der Waals surface area contributed by atoms with E-state index >= 15 is 0 Å². The number of anilines is 1. The second kappa shape index (κ2) is 8.53. The highest BCUT2D eigenvalue weighted by atomic mass is 32.1. The molecule has 2 heterocycles. The molecule has 0 bridgehead atoms. The maximum atomic E-state index is 12.2. The van der Waals surface area contributed by atoms with Gasteiger partial charge >= 0.3 is 5.97 Å². The zero-order valence-corrected chi connectivity index (χ0v) is 17.8. The number of carbonyl (C=O) groups excluding carboxylic acids is 1. The van der Waals surface area contributed by atoms with Gasteiger partial charge in [-0.05, 0) is 37.7 Å². The standard InChI is InChI=1S/C20H22N4O2S2/c1-12-16(13(2)24(3)23-12)11-21-20(27)22-18-15(19(25)26-4)10-17(28-18)14-8-6-5-7-9-14/h5-10H,11H2,1-4H3,(H2,21,22,27). The quantitative estimate of drug-likeness (QED) is 0.485. The van der Waals surface area contributed by atoms with Crippen molar-refractivity contribution in [2.24, 2.45) is 7.05 Å². The first kappa shape index (κ1) is 20.0. The molecule has 3 aromatic rings. The van der Waals surface area contributed by atoms with Crippen molar-refractivity contribution in [2.75, 3.05) is 12.4 Å². The van der Waals surface area contributed by atoms with Crippen LogP contribution in [0, 0.1) is 13.8 Å². The molecule has 1 aromatic carbocycles. The van der Waals surface area contributed by atoms with Gasteiger partial charge in [0.15, 0.2) is 5.11 Å². The molecule has 0 spiro atoms. The van der Waals surface area contributed by atoms with Gasteiger partial charge in [0.25, 0.3) is 0 Å². The van der Waals surface area contributed by atoms with E-state index in [1.54, 1.807) is 0 Å². The van der Waals surface area contributed by atoms with Crippen LogP contribution in [0.15, 0.2) is 36.4 Å². The third-order valence-electron chi connectivity index (χ3n) is 4.51. The number of methoxy groups -OCH3 is 1. The second-order valence-electron chi connectivity index (χ2n) is 6.29. The molecule has 0 amide bonds. The summed E-state index contributed by atoms with van der Waals surface area (Å²) in [4.78, 5) is 13.2. The average molecular weight is 415 g/mol. The maximum absolute atomic E-state index is 12.2. The van der Waals surface area contributed by atoms with E-state index in [2.05, 4.69) is 15.7 Å². The zero-order valence-electron chi connectivity index (χ0n) is 16.2. The van der Waals surface area contributed by atoms with E-state index in [4.69, 9.17) is 17.0 Å². The van der Waals surface area contributed by atoms with Crippen LogP contribution in [0.3, 0.4) is 0 Å². The Bertz CT molecular complexity index is 1010. The van der Waals surface area contributed by atoms with Gasteiger partial charge in [0.05, 0.1) is 18.4 Å². The predicted molar refractivity (Wildman–Crippen MR) is 117 cm³/mol. The van der Waals surface area contributed by atoms with E-state index in [9.17, 15) is 4.79 Å². The van der Waals surface area contributed by atoms with Crippen molar-refractivity contribution in [3.05, 3.63) is 58.9 Å². The maximum Gasteiger partial charge on any atom is 0.340 e. The Morgan fingerprint density at radius 2 is 2.00 bits per heavy atom. The molecule has 0 fully saturated rings.